The summed E-state index contributed by atoms with van der Waals surface area (Å²) in [6.07, 6.45) is -0.554. The van der Waals surface area contributed by atoms with Crippen molar-refractivity contribution < 1.29 is 14.6 Å². The highest BCUT2D eigenvalue weighted by molar-refractivity contribution is 7.08. The van der Waals surface area contributed by atoms with E-state index in [1.54, 1.807) is 18.4 Å². The lowest BCUT2D eigenvalue weighted by molar-refractivity contribution is 0.117. The Morgan fingerprint density at radius 1 is 1.21 bits per heavy atom. The summed E-state index contributed by atoms with van der Waals surface area (Å²) < 4.78 is 10.6. The van der Waals surface area contributed by atoms with Crippen LogP contribution in [0, 0.1) is 0 Å². The quantitative estimate of drug-likeness (QED) is 0.818. The summed E-state index contributed by atoms with van der Waals surface area (Å²) >= 11 is 1.62. The molecule has 0 fully saturated rings. The third-order valence-corrected chi connectivity index (χ3v) is 3.25. The van der Waals surface area contributed by atoms with Crippen molar-refractivity contribution in [2.75, 3.05) is 25.6 Å². The van der Waals surface area contributed by atoms with Crippen LogP contribution < -0.4 is 14.8 Å². The summed E-state index contributed by atoms with van der Waals surface area (Å²) in [4.78, 5) is 0. The molecule has 2 N–H and O–H groups in total. The number of rotatable bonds is 7. The van der Waals surface area contributed by atoms with Crippen LogP contribution in [0.5, 0.6) is 11.5 Å². The van der Waals surface area contributed by atoms with Crippen molar-refractivity contribution in [1.29, 1.82) is 0 Å². The molecule has 1 unspecified atom stereocenters. The Bertz CT molecular complexity index is 470. The van der Waals surface area contributed by atoms with E-state index in [1.165, 1.54) is 0 Å². The number of ether oxygens (including phenoxy) is 2. The summed E-state index contributed by atoms with van der Waals surface area (Å²) in [7, 11) is 1.62. The van der Waals surface area contributed by atoms with E-state index in [0.29, 0.717) is 6.54 Å². The van der Waals surface area contributed by atoms with Gasteiger partial charge in [0.15, 0.2) is 0 Å². The van der Waals surface area contributed by atoms with E-state index in [0.717, 1.165) is 17.2 Å². The number of hydrogen-bond donors (Lipinski definition) is 2. The van der Waals surface area contributed by atoms with Gasteiger partial charge < -0.3 is 19.9 Å². The lowest BCUT2D eigenvalue weighted by Crippen LogP contribution is -2.26. The molecule has 0 aliphatic heterocycles. The first-order valence-corrected chi connectivity index (χ1v) is 6.93. The van der Waals surface area contributed by atoms with Crippen molar-refractivity contribution in [2.45, 2.75) is 6.10 Å². The molecule has 0 saturated heterocycles. The zero-order chi connectivity index (χ0) is 13.5. The largest absolute Gasteiger partial charge is 0.497 e. The zero-order valence-electron chi connectivity index (χ0n) is 10.7. The fourth-order valence-electron chi connectivity index (χ4n) is 1.52. The maximum atomic E-state index is 9.80. The minimum Gasteiger partial charge on any atom is -0.497 e. The molecule has 1 aromatic heterocycles. The molecule has 0 bridgehead atoms. The van der Waals surface area contributed by atoms with E-state index in [1.807, 2.05) is 41.1 Å². The van der Waals surface area contributed by atoms with Crippen molar-refractivity contribution in [3.05, 3.63) is 41.1 Å². The second kappa shape index (κ2) is 7.01. The van der Waals surface area contributed by atoms with Gasteiger partial charge in [-0.3, -0.25) is 0 Å². The van der Waals surface area contributed by atoms with E-state index in [-0.39, 0.29) is 6.61 Å². The first-order valence-electron chi connectivity index (χ1n) is 5.99. The fraction of sp³-hybridized carbons (Fsp3) is 0.286. The van der Waals surface area contributed by atoms with Crippen LogP contribution >= 0.6 is 11.3 Å². The minimum absolute atomic E-state index is 0.253. The molecular weight excluding hydrogens is 262 g/mol. The second-order valence-corrected chi connectivity index (χ2v) is 4.81. The van der Waals surface area contributed by atoms with Gasteiger partial charge in [-0.2, -0.15) is 11.3 Å². The molecule has 102 valence electrons. The van der Waals surface area contributed by atoms with E-state index in [4.69, 9.17) is 9.47 Å². The van der Waals surface area contributed by atoms with Crippen LogP contribution in [0.1, 0.15) is 0 Å². The van der Waals surface area contributed by atoms with Gasteiger partial charge in [-0.1, -0.05) is 0 Å². The van der Waals surface area contributed by atoms with Gasteiger partial charge in [-0.25, -0.2) is 0 Å². The molecule has 0 aliphatic rings. The lowest BCUT2D eigenvalue weighted by Gasteiger charge is -2.13. The Morgan fingerprint density at radius 3 is 2.58 bits per heavy atom. The molecule has 0 spiro atoms. The molecule has 0 amide bonds. The van der Waals surface area contributed by atoms with Crippen LogP contribution in [0.25, 0.3) is 0 Å². The van der Waals surface area contributed by atoms with Gasteiger partial charge in [0.2, 0.25) is 0 Å². The van der Waals surface area contributed by atoms with Crippen molar-refractivity contribution in [3.8, 4) is 11.5 Å². The molecule has 19 heavy (non-hydrogen) atoms. The molecule has 2 aromatic rings. The smallest absolute Gasteiger partial charge is 0.119 e. The molecule has 5 heteroatoms. The number of aliphatic hydroxyl groups is 1. The normalized spacial score (nSPS) is 11.9. The molecule has 0 saturated carbocycles. The molecule has 2 rings (SSSR count). The van der Waals surface area contributed by atoms with E-state index < -0.39 is 6.10 Å². The zero-order valence-corrected chi connectivity index (χ0v) is 11.5. The highest BCUT2D eigenvalue weighted by Crippen LogP contribution is 2.17. The summed E-state index contributed by atoms with van der Waals surface area (Å²) in [5, 5.41) is 16.9. The van der Waals surface area contributed by atoms with E-state index in [2.05, 4.69) is 5.32 Å². The van der Waals surface area contributed by atoms with Crippen LogP contribution in [0.3, 0.4) is 0 Å². The minimum atomic E-state index is -0.554. The Balaban J connectivity index is 1.71. The number of hydrogen-bond acceptors (Lipinski definition) is 5. The summed E-state index contributed by atoms with van der Waals surface area (Å²) in [6.45, 7) is 0.719. The number of thiophene rings is 1. The lowest BCUT2D eigenvalue weighted by atomic mass is 10.3. The Labute approximate surface area is 116 Å². The van der Waals surface area contributed by atoms with Crippen molar-refractivity contribution in [3.63, 3.8) is 0 Å². The Hall–Kier alpha value is -1.72. The monoisotopic (exact) mass is 279 g/mol. The predicted octanol–water partition coefficient (Wildman–Crippen LogP) is 2.61. The summed E-state index contributed by atoms with van der Waals surface area (Å²) in [5.74, 6) is 1.50. The van der Waals surface area contributed by atoms with Crippen molar-refractivity contribution in [2.24, 2.45) is 0 Å². The molecule has 1 heterocycles. The number of anilines is 1. The van der Waals surface area contributed by atoms with Gasteiger partial charge in [0.25, 0.3) is 0 Å². The highest BCUT2D eigenvalue weighted by atomic mass is 32.1. The maximum Gasteiger partial charge on any atom is 0.119 e. The topological polar surface area (TPSA) is 50.7 Å². The van der Waals surface area contributed by atoms with Gasteiger partial charge in [0, 0.05) is 17.6 Å². The number of nitrogens with one attached hydrogen (secondary N) is 1. The van der Waals surface area contributed by atoms with Gasteiger partial charge in [0.1, 0.15) is 24.2 Å². The number of aliphatic hydroxyl groups excluding tert-OH is 1. The van der Waals surface area contributed by atoms with Crippen molar-refractivity contribution in [1.82, 2.24) is 0 Å². The average molecular weight is 279 g/mol. The first-order chi connectivity index (χ1) is 9.28. The molecule has 1 aromatic carbocycles. The SMILES string of the molecule is COc1ccc(OCC(O)CNc2ccsc2)cc1. The summed E-state index contributed by atoms with van der Waals surface area (Å²) in [5.41, 5.74) is 1.02. The van der Waals surface area contributed by atoms with Crippen LogP contribution in [0.2, 0.25) is 0 Å². The van der Waals surface area contributed by atoms with Crippen molar-refractivity contribution >= 4 is 17.0 Å². The van der Waals surface area contributed by atoms with Crippen LogP contribution in [0.15, 0.2) is 41.1 Å². The third-order valence-electron chi connectivity index (χ3n) is 2.56. The van der Waals surface area contributed by atoms with Gasteiger partial charge in [-0.05, 0) is 35.7 Å². The first kappa shape index (κ1) is 13.7. The summed E-state index contributed by atoms with van der Waals surface area (Å²) in [6, 6.07) is 9.26. The molecule has 4 nitrogen and oxygen atoms in total. The average Bonchev–Trinajstić information content (AvgIpc) is 2.96. The maximum absolute atomic E-state index is 9.80. The van der Waals surface area contributed by atoms with E-state index in [9.17, 15) is 5.11 Å². The predicted molar refractivity (Wildman–Crippen MR) is 77.3 cm³/mol. The standard InChI is InChI=1S/C14H17NO3S/c1-17-13-2-4-14(5-3-13)18-9-12(16)8-15-11-6-7-19-10-11/h2-7,10,12,15-16H,8-9H2,1H3. The van der Waals surface area contributed by atoms with Gasteiger partial charge in [-0.15, -0.1) is 0 Å². The molecule has 0 radical (unpaired) electrons. The Kier molecular flexibility index (Phi) is 5.06. The number of benzene rings is 1. The van der Waals surface area contributed by atoms with Crippen LogP contribution in [0.4, 0.5) is 5.69 Å². The highest BCUT2D eigenvalue weighted by Gasteiger charge is 2.05. The molecular formula is C14H17NO3S. The second-order valence-electron chi connectivity index (χ2n) is 4.03. The fourth-order valence-corrected chi connectivity index (χ4v) is 2.14. The Morgan fingerprint density at radius 2 is 1.95 bits per heavy atom. The molecule has 1 atom stereocenters. The third kappa shape index (κ3) is 4.46. The van der Waals surface area contributed by atoms with Crippen LogP contribution in [-0.2, 0) is 0 Å². The van der Waals surface area contributed by atoms with Crippen LogP contribution in [-0.4, -0.2) is 31.5 Å². The number of methoxy groups -OCH3 is 1. The van der Waals surface area contributed by atoms with Gasteiger partial charge >= 0.3 is 0 Å². The van der Waals surface area contributed by atoms with Gasteiger partial charge in [0.05, 0.1) is 7.11 Å². The van der Waals surface area contributed by atoms with E-state index >= 15 is 0 Å². The molecule has 0 aliphatic carbocycles.